The zero-order valence-electron chi connectivity index (χ0n) is 17.2. The van der Waals surface area contributed by atoms with Crippen LogP contribution in [0.3, 0.4) is 0 Å². The van der Waals surface area contributed by atoms with Crippen LogP contribution in [0, 0.1) is 0 Å². The highest BCUT2D eigenvalue weighted by molar-refractivity contribution is 6.46. The molecule has 2 aromatic carbocycles. The minimum absolute atomic E-state index is 0.0431. The Morgan fingerprint density at radius 1 is 1.00 bits per heavy atom. The van der Waals surface area contributed by atoms with E-state index >= 15 is 0 Å². The molecule has 8 heteroatoms. The zero-order valence-corrected chi connectivity index (χ0v) is 17.2. The number of Topliss-reactive ketones (excluding diaryl/α,β-unsaturated/α-hetero) is 1. The molecule has 0 aliphatic carbocycles. The summed E-state index contributed by atoms with van der Waals surface area (Å²) in [5, 5.41) is 19.9. The topological polar surface area (TPSA) is 113 Å². The van der Waals surface area contributed by atoms with E-state index in [1.165, 1.54) is 19.1 Å². The number of benzene rings is 2. The van der Waals surface area contributed by atoms with E-state index in [0.717, 1.165) is 0 Å². The van der Waals surface area contributed by atoms with Gasteiger partial charge in [0.15, 0.2) is 11.5 Å². The molecule has 0 saturated carbocycles. The quantitative estimate of drug-likeness (QED) is 0.380. The summed E-state index contributed by atoms with van der Waals surface area (Å²) in [7, 11) is 2.96. The van der Waals surface area contributed by atoms with Gasteiger partial charge in [0, 0.05) is 18.5 Å². The fraction of sp³-hybridized carbons (Fsp3) is 0.261. The SMILES string of the molecule is COc1ccc(C2C(=C(O)c3ccccc3)C(=O)C(=O)N2CCCC(=O)O)cc1OC. The number of aliphatic hydroxyl groups is 1. The molecule has 1 heterocycles. The molecule has 0 bridgehead atoms. The first-order valence-electron chi connectivity index (χ1n) is 9.66. The van der Waals surface area contributed by atoms with E-state index < -0.39 is 23.7 Å². The van der Waals surface area contributed by atoms with Crippen molar-refractivity contribution in [1.82, 2.24) is 4.90 Å². The number of hydrogen-bond acceptors (Lipinski definition) is 6. The first-order chi connectivity index (χ1) is 14.9. The normalized spacial score (nSPS) is 17.6. The van der Waals surface area contributed by atoms with Crippen molar-refractivity contribution < 1.29 is 34.1 Å². The highest BCUT2D eigenvalue weighted by atomic mass is 16.5. The van der Waals surface area contributed by atoms with Crippen molar-refractivity contribution in [2.24, 2.45) is 0 Å². The predicted octanol–water partition coefficient (Wildman–Crippen LogP) is 2.99. The van der Waals surface area contributed by atoms with Crippen molar-refractivity contribution in [3.05, 3.63) is 65.2 Å². The van der Waals surface area contributed by atoms with Crippen LogP contribution in [0.25, 0.3) is 5.76 Å². The van der Waals surface area contributed by atoms with Crippen LogP contribution >= 0.6 is 0 Å². The number of ether oxygens (including phenoxy) is 2. The molecule has 8 nitrogen and oxygen atoms in total. The van der Waals surface area contributed by atoms with Gasteiger partial charge in [0.1, 0.15) is 5.76 Å². The molecule has 0 spiro atoms. The van der Waals surface area contributed by atoms with E-state index in [1.807, 2.05) is 0 Å². The zero-order chi connectivity index (χ0) is 22.5. The monoisotopic (exact) mass is 425 g/mol. The number of ketones is 1. The third kappa shape index (κ3) is 4.37. The Hall–Kier alpha value is -3.81. The van der Waals surface area contributed by atoms with Gasteiger partial charge in [-0.05, 0) is 24.1 Å². The number of methoxy groups -OCH3 is 2. The van der Waals surface area contributed by atoms with Crippen molar-refractivity contribution in [3.8, 4) is 11.5 Å². The third-order valence-corrected chi connectivity index (χ3v) is 5.10. The van der Waals surface area contributed by atoms with Crippen LogP contribution in [0.4, 0.5) is 0 Å². The lowest BCUT2D eigenvalue weighted by Crippen LogP contribution is -2.31. The Morgan fingerprint density at radius 2 is 1.68 bits per heavy atom. The number of carboxylic acids is 1. The van der Waals surface area contributed by atoms with Crippen molar-refractivity contribution in [1.29, 1.82) is 0 Å². The lowest BCUT2D eigenvalue weighted by atomic mass is 9.95. The van der Waals surface area contributed by atoms with Crippen LogP contribution in [0.5, 0.6) is 11.5 Å². The summed E-state index contributed by atoms with van der Waals surface area (Å²) in [5.74, 6) is -2.03. The second kappa shape index (κ2) is 9.34. The van der Waals surface area contributed by atoms with Crippen molar-refractivity contribution in [2.45, 2.75) is 18.9 Å². The van der Waals surface area contributed by atoms with Crippen LogP contribution in [0.1, 0.15) is 30.0 Å². The first kappa shape index (κ1) is 21.9. The number of carbonyl (C=O) groups excluding carboxylic acids is 2. The van der Waals surface area contributed by atoms with Crippen molar-refractivity contribution in [3.63, 3.8) is 0 Å². The molecule has 1 atom stereocenters. The number of aliphatic carboxylic acids is 1. The van der Waals surface area contributed by atoms with Gasteiger partial charge in [-0.2, -0.15) is 0 Å². The molecule has 3 rings (SSSR count). The molecular weight excluding hydrogens is 402 g/mol. The third-order valence-electron chi connectivity index (χ3n) is 5.10. The van der Waals surface area contributed by atoms with Crippen LogP contribution in [-0.2, 0) is 14.4 Å². The van der Waals surface area contributed by atoms with Gasteiger partial charge in [0.2, 0.25) is 0 Å². The average molecular weight is 425 g/mol. The maximum absolute atomic E-state index is 12.9. The van der Waals surface area contributed by atoms with Gasteiger partial charge in [-0.15, -0.1) is 0 Å². The second-order valence-electron chi connectivity index (χ2n) is 6.97. The summed E-state index contributed by atoms with van der Waals surface area (Å²) in [5.41, 5.74) is 0.875. The van der Waals surface area contributed by atoms with Gasteiger partial charge in [0.25, 0.3) is 11.7 Å². The molecule has 0 radical (unpaired) electrons. The number of amides is 1. The summed E-state index contributed by atoms with van der Waals surface area (Å²) in [6, 6.07) is 12.5. The Morgan fingerprint density at radius 3 is 2.29 bits per heavy atom. The minimum atomic E-state index is -0.997. The number of nitrogens with zero attached hydrogens (tertiary/aromatic N) is 1. The molecule has 1 saturated heterocycles. The molecule has 31 heavy (non-hydrogen) atoms. The number of carboxylic acid groups (broad SMARTS) is 1. The highest BCUT2D eigenvalue weighted by Crippen LogP contribution is 2.42. The van der Waals surface area contributed by atoms with Crippen molar-refractivity contribution in [2.75, 3.05) is 20.8 Å². The molecule has 1 aliphatic heterocycles. The number of likely N-dealkylation sites (tertiary alicyclic amines) is 1. The highest BCUT2D eigenvalue weighted by Gasteiger charge is 2.46. The summed E-state index contributed by atoms with van der Waals surface area (Å²) >= 11 is 0. The fourth-order valence-electron chi connectivity index (χ4n) is 3.63. The van der Waals surface area contributed by atoms with Crippen LogP contribution in [0.2, 0.25) is 0 Å². The van der Waals surface area contributed by atoms with Gasteiger partial charge in [-0.25, -0.2) is 0 Å². The van der Waals surface area contributed by atoms with Gasteiger partial charge >= 0.3 is 5.97 Å². The van der Waals surface area contributed by atoms with E-state index in [1.54, 1.807) is 48.5 Å². The Labute approximate surface area is 179 Å². The van der Waals surface area contributed by atoms with Gasteiger partial charge in [-0.1, -0.05) is 36.4 Å². The summed E-state index contributed by atoms with van der Waals surface area (Å²) in [6.07, 6.45) is 0.0118. The van der Waals surface area contributed by atoms with Gasteiger partial charge in [0.05, 0.1) is 25.8 Å². The van der Waals surface area contributed by atoms with Crippen molar-refractivity contribution >= 4 is 23.4 Å². The first-order valence-corrected chi connectivity index (χ1v) is 9.66. The standard InChI is InChI=1S/C23H23NO7/c1-30-16-11-10-15(13-17(16)31-2)20-19(21(27)14-7-4-3-5-8-14)22(28)23(29)24(20)12-6-9-18(25)26/h3-5,7-8,10-11,13,20,27H,6,9,12H2,1-2H3,(H,25,26). The lowest BCUT2D eigenvalue weighted by molar-refractivity contribution is -0.140. The number of rotatable bonds is 8. The van der Waals surface area contributed by atoms with E-state index in [9.17, 15) is 19.5 Å². The van der Waals surface area contributed by atoms with E-state index in [2.05, 4.69) is 0 Å². The number of carbonyl (C=O) groups is 3. The van der Waals surface area contributed by atoms with E-state index in [0.29, 0.717) is 22.6 Å². The Kier molecular flexibility index (Phi) is 6.59. The van der Waals surface area contributed by atoms with Gasteiger partial charge < -0.3 is 24.6 Å². The lowest BCUT2D eigenvalue weighted by Gasteiger charge is -2.25. The smallest absolute Gasteiger partial charge is 0.303 e. The largest absolute Gasteiger partial charge is 0.507 e. The molecule has 0 aromatic heterocycles. The maximum Gasteiger partial charge on any atom is 0.303 e. The molecule has 162 valence electrons. The summed E-state index contributed by atoms with van der Waals surface area (Å²) in [4.78, 5) is 37.9. The average Bonchev–Trinajstić information content (AvgIpc) is 3.03. The summed E-state index contributed by atoms with van der Waals surface area (Å²) in [6.45, 7) is 0.0431. The second-order valence-corrected chi connectivity index (χ2v) is 6.97. The molecule has 2 aromatic rings. The molecule has 1 fully saturated rings. The number of aliphatic hydroxyl groups excluding tert-OH is 1. The Balaban J connectivity index is 2.14. The molecule has 2 N–H and O–H groups in total. The maximum atomic E-state index is 12.9. The number of hydrogen-bond donors (Lipinski definition) is 2. The van der Waals surface area contributed by atoms with Gasteiger partial charge in [-0.3, -0.25) is 14.4 Å². The van der Waals surface area contributed by atoms with Crippen LogP contribution < -0.4 is 9.47 Å². The Bertz CT molecular complexity index is 1030. The van der Waals surface area contributed by atoms with E-state index in [-0.39, 0.29) is 30.7 Å². The van der Waals surface area contributed by atoms with E-state index in [4.69, 9.17) is 14.6 Å². The summed E-state index contributed by atoms with van der Waals surface area (Å²) < 4.78 is 10.6. The fourth-order valence-corrected chi connectivity index (χ4v) is 3.63. The van der Waals surface area contributed by atoms with Crippen LogP contribution in [0.15, 0.2) is 54.1 Å². The predicted molar refractivity (Wildman–Crippen MR) is 112 cm³/mol. The van der Waals surface area contributed by atoms with Crippen LogP contribution in [-0.4, -0.2) is 53.5 Å². The molecule has 1 amide bonds. The molecule has 1 aliphatic rings. The minimum Gasteiger partial charge on any atom is -0.507 e. The molecular formula is C23H23NO7. The molecule has 1 unspecified atom stereocenters.